The number of aromatic nitrogens is 2. The molecule has 0 spiro atoms. The summed E-state index contributed by atoms with van der Waals surface area (Å²) in [7, 11) is -2.98. The Morgan fingerprint density at radius 2 is 0.778 bits per heavy atom. The molecule has 296 valence electrons. The van der Waals surface area contributed by atoms with Crippen LogP contribution < -0.4 is 20.7 Å². The molecule has 2 aromatic heterocycles. The van der Waals surface area contributed by atoms with Crippen molar-refractivity contribution in [2.24, 2.45) is 0 Å². The highest BCUT2D eigenvalue weighted by atomic mass is 28.3. The first-order valence-corrected chi connectivity index (χ1v) is 23.8. The van der Waals surface area contributed by atoms with Crippen LogP contribution in [0, 0.1) is 0 Å². The molecule has 0 amide bonds. The average molecular weight is 819 g/mol. The Kier molecular flexibility index (Phi) is 8.87. The van der Waals surface area contributed by atoms with E-state index < -0.39 is 8.07 Å². The zero-order valence-corrected chi connectivity index (χ0v) is 35.6. The number of nitrogens with zero attached hydrogens (tertiary/aromatic N) is 2. The van der Waals surface area contributed by atoms with E-state index in [2.05, 4.69) is 264 Å². The standard InChI is InChI=1S/C60H42N2Si/c1-6-21-43(22-7-1)45-37-39-53-54-33-20-36-59(63(47-25-10-3-11-26-47,48-27-12-4-13-28-48)49-29-14-5-15-30-49)60(54)61(57(53)41-45)46-38-40-52-51-32-17-19-35-56(51)62(58(52)42-46)55-34-18-16-31-50(55)44-23-8-2-9-24-44/h1-42H. The molecule has 0 saturated carbocycles. The summed E-state index contributed by atoms with van der Waals surface area (Å²) in [6.45, 7) is 0. The number of hydrogen-bond acceptors (Lipinski definition) is 0. The van der Waals surface area contributed by atoms with Gasteiger partial charge in [-0.05, 0) is 67.8 Å². The molecule has 3 heteroatoms. The molecular formula is C60H42N2Si. The minimum atomic E-state index is -2.98. The Labute approximate surface area is 368 Å². The highest BCUT2D eigenvalue weighted by molar-refractivity contribution is 7.20. The second-order valence-corrected chi connectivity index (χ2v) is 20.2. The number of hydrogen-bond donors (Lipinski definition) is 0. The summed E-state index contributed by atoms with van der Waals surface area (Å²) in [5, 5.41) is 10.4. The molecule has 12 rings (SSSR count). The van der Waals surface area contributed by atoms with E-state index in [0.717, 1.165) is 11.4 Å². The molecule has 12 aromatic rings. The molecular weight excluding hydrogens is 777 g/mol. The lowest BCUT2D eigenvalue weighted by atomic mass is 10.0. The maximum absolute atomic E-state index is 2.98. The van der Waals surface area contributed by atoms with Crippen molar-refractivity contribution in [1.82, 2.24) is 9.13 Å². The molecule has 0 N–H and O–H groups in total. The van der Waals surface area contributed by atoms with Crippen LogP contribution in [0.25, 0.3) is 77.2 Å². The third kappa shape index (κ3) is 5.85. The Morgan fingerprint density at radius 3 is 1.44 bits per heavy atom. The van der Waals surface area contributed by atoms with Crippen molar-refractivity contribution >= 4 is 72.4 Å². The maximum Gasteiger partial charge on any atom is 0.181 e. The summed E-state index contributed by atoms with van der Waals surface area (Å²) < 4.78 is 5.07. The van der Waals surface area contributed by atoms with Crippen LogP contribution in [0.15, 0.2) is 255 Å². The van der Waals surface area contributed by atoms with E-state index in [4.69, 9.17) is 0 Å². The van der Waals surface area contributed by atoms with Gasteiger partial charge in [-0.2, -0.15) is 0 Å². The summed E-state index contributed by atoms with van der Waals surface area (Å²) in [4.78, 5) is 0. The minimum absolute atomic E-state index is 1.12. The number of fused-ring (bicyclic) bond motifs is 6. The third-order valence-corrected chi connectivity index (χ3v) is 17.9. The number of benzene rings is 10. The Bertz CT molecular complexity index is 3500. The lowest BCUT2D eigenvalue weighted by Gasteiger charge is -2.35. The number of rotatable bonds is 8. The van der Waals surface area contributed by atoms with E-state index in [1.165, 1.54) is 86.6 Å². The van der Waals surface area contributed by atoms with Crippen molar-refractivity contribution < 1.29 is 0 Å². The van der Waals surface area contributed by atoms with Crippen molar-refractivity contribution in [3.05, 3.63) is 255 Å². The Morgan fingerprint density at radius 1 is 0.286 bits per heavy atom. The average Bonchev–Trinajstić information content (AvgIpc) is 3.88. The molecule has 0 aliphatic rings. The molecule has 0 radical (unpaired) electrons. The monoisotopic (exact) mass is 818 g/mol. The molecule has 0 unspecified atom stereocenters. The SMILES string of the molecule is c1ccc(-c2ccc3c4cccc([Si](c5ccccc5)(c5ccccc5)c5ccccc5)c4n(-c4ccc5c6ccccc6n(-c6ccccc6-c6ccccc6)c5c4)c3c2)cc1. The van der Waals surface area contributed by atoms with Gasteiger partial charge < -0.3 is 9.13 Å². The quantitative estimate of drug-likeness (QED) is 0.107. The van der Waals surface area contributed by atoms with Crippen LogP contribution in [0.4, 0.5) is 0 Å². The van der Waals surface area contributed by atoms with Crippen molar-refractivity contribution in [2.45, 2.75) is 0 Å². The molecule has 10 aromatic carbocycles. The first-order valence-electron chi connectivity index (χ1n) is 21.8. The van der Waals surface area contributed by atoms with Crippen LogP contribution in [-0.2, 0) is 0 Å². The van der Waals surface area contributed by atoms with Gasteiger partial charge in [0.15, 0.2) is 8.07 Å². The van der Waals surface area contributed by atoms with Gasteiger partial charge in [0.1, 0.15) is 0 Å². The van der Waals surface area contributed by atoms with Crippen LogP contribution in [0.5, 0.6) is 0 Å². The van der Waals surface area contributed by atoms with Gasteiger partial charge in [-0.15, -0.1) is 0 Å². The Hall–Kier alpha value is -7.98. The van der Waals surface area contributed by atoms with Gasteiger partial charge in [-0.3, -0.25) is 0 Å². The normalized spacial score (nSPS) is 11.8. The molecule has 0 aliphatic carbocycles. The molecule has 2 nitrogen and oxygen atoms in total. The molecule has 0 saturated heterocycles. The predicted octanol–water partition coefficient (Wildman–Crippen LogP) is 12.6. The topological polar surface area (TPSA) is 9.86 Å². The summed E-state index contributed by atoms with van der Waals surface area (Å²) in [6.07, 6.45) is 0. The largest absolute Gasteiger partial charge is 0.309 e. The second-order valence-electron chi connectivity index (χ2n) is 16.4. The summed E-state index contributed by atoms with van der Waals surface area (Å²) >= 11 is 0. The van der Waals surface area contributed by atoms with Gasteiger partial charge >= 0.3 is 0 Å². The lowest BCUT2D eigenvalue weighted by molar-refractivity contribution is 1.16. The molecule has 0 bridgehead atoms. The van der Waals surface area contributed by atoms with Crippen LogP contribution in [-0.4, -0.2) is 17.2 Å². The van der Waals surface area contributed by atoms with Crippen LogP contribution in [0.3, 0.4) is 0 Å². The van der Waals surface area contributed by atoms with Gasteiger partial charge in [0.2, 0.25) is 0 Å². The predicted molar refractivity (Wildman–Crippen MR) is 270 cm³/mol. The Balaban J connectivity index is 1.24. The fourth-order valence-electron chi connectivity index (χ4n) is 10.4. The second kappa shape index (κ2) is 15.2. The van der Waals surface area contributed by atoms with Crippen LogP contribution >= 0.6 is 0 Å². The van der Waals surface area contributed by atoms with Crippen molar-refractivity contribution in [3.63, 3.8) is 0 Å². The summed E-state index contributed by atoms with van der Waals surface area (Å²) in [6, 6.07) is 94.4. The van der Waals surface area contributed by atoms with Gasteiger partial charge in [0.05, 0.1) is 27.8 Å². The molecule has 2 heterocycles. The smallest absolute Gasteiger partial charge is 0.181 e. The van der Waals surface area contributed by atoms with Gasteiger partial charge in [-0.25, -0.2) is 0 Å². The number of para-hydroxylation sites is 3. The molecule has 0 fully saturated rings. The summed E-state index contributed by atoms with van der Waals surface area (Å²) in [5.41, 5.74) is 11.8. The first-order chi connectivity index (χ1) is 31.3. The van der Waals surface area contributed by atoms with Crippen molar-refractivity contribution in [3.8, 4) is 33.6 Å². The minimum Gasteiger partial charge on any atom is -0.309 e. The van der Waals surface area contributed by atoms with Gasteiger partial charge in [-0.1, -0.05) is 224 Å². The zero-order chi connectivity index (χ0) is 41.7. The van der Waals surface area contributed by atoms with E-state index in [-0.39, 0.29) is 0 Å². The third-order valence-electron chi connectivity index (χ3n) is 13.1. The molecule has 0 aliphatic heterocycles. The summed E-state index contributed by atoms with van der Waals surface area (Å²) in [5.74, 6) is 0. The molecule has 63 heavy (non-hydrogen) atoms. The fourth-order valence-corrected chi connectivity index (χ4v) is 15.3. The maximum atomic E-state index is 2.59. The van der Waals surface area contributed by atoms with Crippen LogP contribution in [0.2, 0.25) is 0 Å². The molecule has 0 atom stereocenters. The van der Waals surface area contributed by atoms with E-state index in [0.29, 0.717) is 0 Å². The lowest BCUT2D eigenvalue weighted by Crippen LogP contribution is -2.75. The van der Waals surface area contributed by atoms with Crippen LogP contribution in [0.1, 0.15) is 0 Å². The highest BCUT2D eigenvalue weighted by Crippen LogP contribution is 2.40. The van der Waals surface area contributed by atoms with Gasteiger partial charge in [0, 0.05) is 32.8 Å². The fraction of sp³-hybridized carbons (Fsp3) is 0. The first kappa shape index (κ1) is 36.8. The van der Waals surface area contributed by atoms with Gasteiger partial charge in [0.25, 0.3) is 0 Å². The zero-order valence-electron chi connectivity index (χ0n) is 34.6. The van der Waals surface area contributed by atoms with E-state index in [9.17, 15) is 0 Å². The van der Waals surface area contributed by atoms with E-state index >= 15 is 0 Å². The highest BCUT2D eigenvalue weighted by Gasteiger charge is 2.43. The van der Waals surface area contributed by atoms with E-state index in [1.54, 1.807) is 0 Å². The van der Waals surface area contributed by atoms with Crippen molar-refractivity contribution in [2.75, 3.05) is 0 Å². The van der Waals surface area contributed by atoms with Crippen molar-refractivity contribution in [1.29, 1.82) is 0 Å². The van der Waals surface area contributed by atoms with E-state index in [1.807, 2.05) is 0 Å².